The molecule has 0 bridgehead atoms. The summed E-state index contributed by atoms with van der Waals surface area (Å²) in [7, 11) is 0. The van der Waals surface area contributed by atoms with Crippen LogP contribution in [0, 0.1) is 0 Å². The third-order valence-electron chi connectivity index (χ3n) is 4.95. The summed E-state index contributed by atoms with van der Waals surface area (Å²) in [4.78, 5) is 16.7. The molecule has 1 saturated carbocycles. The Labute approximate surface area is 167 Å². The average molecular weight is 403 g/mol. The molecule has 6 heteroatoms. The van der Waals surface area contributed by atoms with Gasteiger partial charge < -0.3 is 9.73 Å². The summed E-state index contributed by atoms with van der Waals surface area (Å²) < 4.78 is 5.78. The summed E-state index contributed by atoms with van der Waals surface area (Å²) in [6, 6.07) is 11.4. The van der Waals surface area contributed by atoms with Crippen molar-refractivity contribution in [3.8, 4) is 11.5 Å². The van der Waals surface area contributed by atoms with E-state index in [4.69, 9.17) is 27.6 Å². The Morgan fingerprint density at radius 1 is 1.11 bits per heavy atom. The van der Waals surface area contributed by atoms with E-state index in [0.717, 1.165) is 24.0 Å². The van der Waals surface area contributed by atoms with Crippen molar-refractivity contribution in [3.63, 3.8) is 0 Å². The second-order valence-electron chi connectivity index (χ2n) is 7.03. The SMILES string of the molecule is O=C(Cc1ccc(-c2nc3cc(Cl)cc(Cl)c3o2)cc1)NC1CCCCC1. The van der Waals surface area contributed by atoms with E-state index in [1.807, 2.05) is 24.3 Å². The number of hydrogen-bond donors (Lipinski definition) is 1. The van der Waals surface area contributed by atoms with Crippen LogP contribution < -0.4 is 5.32 Å². The van der Waals surface area contributed by atoms with Gasteiger partial charge in [0.25, 0.3) is 0 Å². The lowest BCUT2D eigenvalue weighted by molar-refractivity contribution is -0.121. The molecule has 1 heterocycles. The topological polar surface area (TPSA) is 55.1 Å². The van der Waals surface area contributed by atoms with E-state index < -0.39 is 0 Å². The van der Waals surface area contributed by atoms with Crippen LogP contribution in [0.5, 0.6) is 0 Å². The molecular formula is C21H20Cl2N2O2. The number of nitrogens with zero attached hydrogens (tertiary/aromatic N) is 1. The van der Waals surface area contributed by atoms with Crippen LogP contribution in [0.15, 0.2) is 40.8 Å². The Balaban J connectivity index is 1.45. The van der Waals surface area contributed by atoms with Gasteiger partial charge in [0, 0.05) is 16.6 Å². The first-order chi connectivity index (χ1) is 13.1. The van der Waals surface area contributed by atoms with Crippen LogP contribution in [-0.4, -0.2) is 16.9 Å². The molecule has 2 aromatic carbocycles. The van der Waals surface area contributed by atoms with Crippen molar-refractivity contribution >= 4 is 40.2 Å². The lowest BCUT2D eigenvalue weighted by atomic mass is 9.95. The fourth-order valence-corrected chi connectivity index (χ4v) is 4.08. The van der Waals surface area contributed by atoms with E-state index in [2.05, 4.69) is 10.3 Å². The highest BCUT2D eigenvalue weighted by Gasteiger charge is 2.16. The number of hydrogen-bond acceptors (Lipinski definition) is 3. The van der Waals surface area contributed by atoms with E-state index in [1.54, 1.807) is 12.1 Å². The zero-order valence-corrected chi connectivity index (χ0v) is 16.3. The Morgan fingerprint density at radius 2 is 1.85 bits per heavy atom. The van der Waals surface area contributed by atoms with Crippen LogP contribution in [0.25, 0.3) is 22.6 Å². The molecule has 27 heavy (non-hydrogen) atoms. The van der Waals surface area contributed by atoms with Gasteiger partial charge in [-0.2, -0.15) is 0 Å². The minimum atomic E-state index is 0.0814. The number of benzene rings is 2. The predicted octanol–water partition coefficient (Wildman–Crippen LogP) is 5.79. The molecule has 0 aliphatic heterocycles. The number of aromatic nitrogens is 1. The van der Waals surface area contributed by atoms with Crippen LogP contribution >= 0.6 is 23.2 Å². The smallest absolute Gasteiger partial charge is 0.227 e. The molecule has 140 valence electrons. The van der Waals surface area contributed by atoms with E-state index >= 15 is 0 Å². The average Bonchev–Trinajstić information content (AvgIpc) is 3.07. The second-order valence-corrected chi connectivity index (χ2v) is 7.87. The van der Waals surface area contributed by atoms with Crippen LogP contribution in [0.3, 0.4) is 0 Å². The first kappa shape index (κ1) is 18.3. The van der Waals surface area contributed by atoms with Gasteiger partial charge in [-0.1, -0.05) is 54.6 Å². The van der Waals surface area contributed by atoms with E-state index in [1.165, 1.54) is 19.3 Å². The second kappa shape index (κ2) is 7.91. The molecule has 0 radical (unpaired) electrons. The summed E-state index contributed by atoms with van der Waals surface area (Å²) >= 11 is 12.2. The van der Waals surface area contributed by atoms with Crippen LogP contribution in [0.4, 0.5) is 0 Å². The molecule has 0 unspecified atom stereocenters. The minimum absolute atomic E-state index is 0.0814. The molecule has 3 aromatic rings. The number of nitrogens with one attached hydrogen (secondary N) is 1. The van der Waals surface area contributed by atoms with Gasteiger partial charge in [-0.25, -0.2) is 4.98 Å². The minimum Gasteiger partial charge on any atom is -0.435 e. The molecule has 1 aromatic heterocycles. The summed E-state index contributed by atoms with van der Waals surface area (Å²) in [5.41, 5.74) is 2.93. The van der Waals surface area contributed by atoms with Crippen molar-refractivity contribution in [1.29, 1.82) is 0 Å². The van der Waals surface area contributed by atoms with Gasteiger partial charge in [0.05, 0.1) is 11.4 Å². The Kier molecular flexibility index (Phi) is 5.37. The van der Waals surface area contributed by atoms with E-state index in [9.17, 15) is 4.79 Å². The summed E-state index contributed by atoms with van der Waals surface area (Å²) in [6.45, 7) is 0. The fourth-order valence-electron chi connectivity index (χ4n) is 3.56. The van der Waals surface area contributed by atoms with Crippen molar-refractivity contribution in [3.05, 3.63) is 52.0 Å². The Morgan fingerprint density at radius 3 is 2.59 bits per heavy atom. The van der Waals surface area contributed by atoms with Crippen molar-refractivity contribution in [1.82, 2.24) is 10.3 Å². The summed E-state index contributed by atoms with van der Waals surface area (Å²) in [5.74, 6) is 0.560. The maximum atomic E-state index is 12.3. The van der Waals surface area contributed by atoms with Crippen LogP contribution in [-0.2, 0) is 11.2 Å². The van der Waals surface area contributed by atoms with Gasteiger partial charge in [-0.3, -0.25) is 4.79 Å². The maximum absolute atomic E-state index is 12.3. The van der Waals surface area contributed by atoms with E-state index in [0.29, 0.717) is 39.5 Å². The molecule has 1 fully saturated rings. The summed E-state index contributed by atoms with van der Waals surface area (Å²) in [5, 5.41) is 4.10. The fraction of sp³-hybridized carbons (Fsp3) is 0.333. The molecule has 1 N–H and O–H groups in total. The predicted molar refractivity (Wildman–Crippen MR) is 108 cm³/mol. The van der Waals surface area contributed by atoms with Gasteiger partial charge in [-0.05, 0) is 42.7 Å². The first-order valence-electron chi connectivity index (χ1n) is 9.23. The van der Waals surface area contributed by atoms with Gasteiger partial charge in [0.2, 0.25) is 11.8 Å². The molecule has 4 nitrogen and oxygen atoms in total. The molecule has 0 atom stereocenters. The van der Waals surface area contributed by atoms with Gasteiger partial charge in [0.1, 0.15) is 5.52 Å². The highest BCUT2D eigenvalue weighted by Crippen LogP contribution is 2.32. The van der Waals surface area contributed by atoms with Crippen molar-refractivity contribution < 1.29 is 9.21 Å². The number of amides is 1. The largest absolute Gasteiger partial charge is 0.435 e. The Hall–Kier alpha value is -2.04. The van der Waals surface area contributed by atoms with Crippen LogP contribution in [0.2, 0.25) is 10.0 Å². The highest BCUT2D eigenvalue weighted by atomic mass is 35.5. The molecular weight excluding hydrogens is 383 g/mol. The maximum Gasteiger partial charge on any atom is 0.227 e. The quantitative estimate of drug-likeness (QED) is 0.600. The van der Waals surface area contributed by atoms with Crippen molar-refractivity contribution in [2.75, 3.05) is 0 Å². The molecule has 4 rings (SSSR count). The van der Waals surface area contributed by atoms with Crippen molar-refractivity contribution in [2.45, 2.75) is 44.6 Å². The van der Waals surface area contributed by atoms with E-state index in [-0.39, 0.29) is 5.91 Å². The number of halogens is 2. The number of oxazole rings is 1. The van der Waals surface area contributed by atoms with Crippen LogP contribution in [0.1, 0.15) is 37.7 Å². The number of rotatable bonds is 4. The molecule has 0 spiro atoms. The monoisotopic (exact) mass is 402 g/mol. The Bertz CT molecular complexity index is 960. The zero-order chi connectivity index (χ0) is 18.8. The van der Waals surface area contributed by atoms with Crippen molar-refractivity contribution in [2.24, 2.45) is 0 Å². The number of carbonyl (C=O) groups is 1. The van der Waals surface area contributed by atoms with Gasteiger partial charge in [-0.15, -0.1) is 0 Å². The molecule has 1 aliphatic carbocycles. The normalized spacial score (nSPS) is 15.2. The molecule has 0 saturated heterocycles. The van der Waals surface area contributed by atoms with Gasteiger partial charge in [0.15, 0.2) is 5.58 Å². The highest BCUT2D eigenvalue weighted by molar-refractivity contribution is 6.38. The lowest BCUT2D eigenvalue weighted by Crippen LogP contribution is -2.37. The number of fused-ring (bicyclic) bond motifs is 1. The summed E-state index contributed by atoms with van der Waals surface area (Å²) in [6.07, 6.45) is 6.26. The first-order valence-corrected chi connectivity index (χ1v) is 9.98. The lowest BCUT2D eigenvalue weighted by Gasteiger charge is -2.22. The third kappa shape index (κ3) is 4.28. The molecule has 1 amide bonds. The molecule has 1 aliphatic rings. The third-order valence-corrected chi connectivity index (χ3v) is 5.44. The van der Waals surface area contributed by atoms with Gasteiger partial charge >= 0.3 is 0 Å². The standard InChI is InChI=1S/C21H20Cl2N2O2/c22-15-11-17(23)20-18(12-15)25-21(27-20)14-8-6-13(7-9-14)10-19(26)24-16-4-2-1-3-5-16/h6-9,11-12,16H,1-5,10H2,(H,24,26). The zero-order valence-electron chi connectivity index (χ0n) is 14.8. The number of carbonyl (C=O) groups excluding carboxylic acids is 1.